The molecule has 0 aromatic carbocycles. The van der Waals surface area contributed by atoms with Crippen LogP contribution in [0.25, 0.3) is 0 Å². The lowest BCUT2D eigenvalue weighted by Crippen LogP contribution is -2.36. The van der Waals surface area contributed by atoms with Gasteiger partial charge in [0, 0.05) is 29.7 Å². The highest BCUT2D eigenvalue weighted by Crippen LogP contribution is 2.16. The van der Waals surface area contributed by atoms with Gasteiger partial charge in [0.05, 0.1) is 18.8 Å². The summed E-state index contributed by atoms with van der Waals surface area (Å²) in [6.45, 7) is 8.73. The molecule has 0 unspecified atom stereocenters. The number of halogens is 1. The molecule has 0 aliphatic carbocycles. The molecule has 7 heteroatoms. The van der Waals surface area contributed by atoms with Gasteiger partial charge in [-0.3, -0.25) is 4.68 Å². The van der Waals surface area contributed by atoms with Gasteiger partial charge in [0.15, 0.2) is 5.96 Å². The van der Waals surface area contributed by atoms with Gasteiger partial charge < -0.3 is 10.6 Å². The van der Waals surface area contributed by atoms with Crippen molar-refractivity contribution in [3.8, 4) is 0 Å². The van der Waals surface area contributed by atoms with Crippen LogP contribution in [0.15, 0.2) is 22.5 Å². The van der Waals surface area contributed by atoms with Gasteiger partial charge in [-0.15, -0.1) is 35.3 Å². The van der Waals surface area contributed by atoms with E-state index in [1.165, 1.54) is 16.1 Å². The third-order valence-corrected chi connectivity index (χ3v) is 4.65. The van der Waals surface area contributed by atoms with Gasteiger partial charge in [-0.25, -0.2) is 4.99 Å². The zero-order valence-electron chi connectivity index (χ0n) is 14.9. The Bertz CT molecular complexity index is 634. The molecule has 2 aromatic heterocycles. The van der Waals surface area contributed by atoms with Crippen molar-refractivity contribution in [2.24, 2.45) is 12.0 Å². The minimum Gasteiger partial charge on any atom is -0.357 e. The SMILES string of the molecule is CCNC(=NCc1c(CC)nn(C)c1CC)NCc1cccs1.I. The van der Waals surface area contributed by atoms with E-state index in [-0.39, 0.29) is 24.0 Å². The van der Waals surface area contributed by atoms with Crippen LogP contribution in [0.2, 0.25) is 0 Å². The number of aryl methyl sites for hydroxylation is 2. The van der Waals surface area contributed by atoms with Gasteiger partial charge in [-0.2, -0.15) is 5.10 Å². The summed E-state index contributed by atoms with van der Waals surface area (Å²) in [6.07, 6.45) is 1.92. The summed E-state index contributed by atoms with van der Waals surface area (Å²) in [7, 11) is 2.02. The van der Waals surface area contributed by atoms with Gasteiger partial charge >= 0.3 is 0 Å². The number of hydrogen-bond donors (Lipinski definition) is 2. The summed E-state index contributed by atoms with van der Waals surface area (Å²) in [4.78, 5) is 6.07. The topological polar surface area (TPSA) is 54.2 Å². The minimum absolute atomic E-state index is 0. The Kier molecular flexibility index (Phi) is 9.35. The Hall–Kier alpha value is -1.09. The molecule has 5 nitrogen and oxygen atoms in total. The zero-order chi connectivity index (χ0) is 16.7. The number of rotatable bonds is 7. The third-order valence-electron chi connectivity index (χ3n) is 3.78. The molecular weight excluding hydrogens is 433 g/mol. The van der Waals surface area contributed by atoms with E-state index in [4.69, 9.17) is 4.99 Å². The highest BCUT2D eigenvalue weighted by atomic mass is 127. The molecule has 0 radical (unpaired) electrons. The predicted molar refractivity (Wildman–Crippen MR) is 113 cm³/mol. The van der Waals surface area contributed by atoms with Crippen molar-refractivity contribution in [2.75, 3.05) is 6.54 Å². The standard InChI is InChI=1S/C17H27N5S.HI/c1-5-15-14(16(6-2)22(4)21-15)12-20-17(18-7-3)19-11-13-9-8-10-23-13;/h8-10H,5-7,11-12H2,1-4H3,(H2,18,19,20);1H. The maximum absolute atomic E-state index is 4.76. The first-order valence-corrected chi connectivity index (χ1v) is 9.15. The number of guanidine groups is 1. The Labute approximate surface area is 166 Å². The monoisotopic (exact) mass is 461 g/mol. The van der Waals surface area contributed by atoms with Crippen molar-refractivity contribution in [1.29, 1.82) is 0 Å². The normalized spacial score (nSPS) is 11.2. The van der Waals surface area contributed by atoms with Crippen molar-refractivity contribution < 1.29 is 0 Å². The minimum atomic E-state index is 0. The van der Waals surface area contributed by atoms with Crippen LogP contribution < -0.4 is 10.6 Å². The molecule has 0 aliphatic rings. The summed E-state index contributed by atoms with van der Waals surface area (Å²) in [5.41, 5.74) is 3.70. The second-order valence-corrected chi connectivity index (χ2v) is 6.36. The molecule has 2 rings (SSSR count). The van der Waals surface area contributed by atoms with E-state index in [2.05, 4.69) is 54.0 Å². The average molecular weight is 461 g/mol. The van der Waals surface area contributed by atoms with Crippen molar-refractivity contribution in [2.45, 2.75) is 46.7 Å². The Morgan fingerprint density at radius 3 is 2.62 bits per heavy atom. The largest absolute Gasteiger partial charge is 0.357 e. The van der Waals surface area contributed by atoms with Crippen molar-refractivity contribution in [3.05, 3.63) is 39.3 Å². The molecule has 0 aliphatic heterocycles. The molecule has 2 N–H and O–H groups in total. The predicted octanol–water partition coefficient (Wildman–Crippen LogP) is 3.48. The maximum Gasteiger partial charge on any atom is 0.191 e. The molecule has 0 bridgehead atoms. The fourth-order valence-corrected chi connectivity index (χ4v) is 3.30. The quantitative estimate of drug-likeness (QED) is 0.377. The van der Waals surface area contributed by atoms with E-state index in [1.807, 2.05) is 11.7 Å². The lowest BCUT2D eigenvalue weighted by molar-refractivity contribution is 0.703. The molecular formula is C17H28IN5S. The first-order chi connectivity index (χ1) is 11.2. The van der Waals surface area contributed by atoms with Crippen molar-refractivity contribution >= 4 is 41.3 Å². The number of hydrogen-bond acceptors (Lipinski definition) is 3. The van der Waals surface area contributed by atoms with E-state index in [1.54, 1.807) is 11.3 Å². The molecule has 0 amide bonds. The van der Waals surface area contributed by atoms with Gasteiger partial charge in [0.25, 0.3) is 0 Å². The van der Waals surface area contributed by atoms with Crippen LogP contribution >= 0.6 is 35.3 Å². The van der Waals surface area contributed by atoms with Crippen LogP contribution in [0, 0.1) is 0 Å². The van der Waals surface area contributed by atoms with Gasteiger partial charge in [0.2, 0.25) is 0 Å². The van der Waals surface area contributed by atoms with Gasteiger partial charge in [-0.1, -0.05) is 19.9 Å². The third kappa shape index (κ3) is 5.47. The fraction of sp³-hybridized carbons (Fsp3) is 0.529. The second-order valence-electron chi connectivity index (χ2n) is 5.33. The summed E-state index contributed by atoms with van der Waals surface area (Å²) in [6, 6.07) is 4.20. The van der Waals surface area contributed by atoms with Crippen LogP contribution in [0.4, 0.5) is 0 Å². The highest BCUT2D eigenvalue weighted by molar-refractivity contribution is 14.0. The molecule has 2 heterocycles. The smallest absolute Gasteiger partial charge is 0.191 e. The molecule has 0 saturated heterocycles. The van der Waals surface area contributed by atoms with Crippen LogP contribution in [-0.2, 0) is 33.0 Å². The Balaban J connectivity index is 0.00000288. The maximum atomic E-state index is 4.76. The molecule has 0 saturated carbocycles. The lowest BCUT2D eigenvalue weighted by atomic mass is 10.1. The van der Waals surface area contributed by atoms with Crippen LogP contribution in [0.5, 0.6) is 0 Å². The highest BCUT2D eigenvalue weighted by Gasteiger charge is 2.13. The molecule has 0 fully saturated rings. The Morgan fingerprint density at radius 1 is 1.25 bits per heavy atom. The number of nitrogens with one attached hydrogen (secondary N) is 2. The number of aliphatic imine (C=N–C) groups is 1. The fourth-order valence-electron chi connectivity index (χ4n) is 2.66. The second kappa shape index (κ2) is 10.7. The molecule has 24 heavy (non-hydrogen) atoms. The number of nitrogens with zero attached hydrogens (tertiary/aromatic N) is 3. The number of thiophene rings is 1. The van der Waals surface area contributed by atoms with E-state index in [9.17, 15) is 0 Å². The van der Waals surface area contributed by atoms with Crippen molar-refractivity contribution in [3.63, 3.8) is 0 Å². The molecule has 0 spiro atoms. The van der Waals surface area contributed by atoms with Crippen molar-refractivity contribution in [1.82, 2.24) is 20.4 Å². The Morgan fingerprint density at radius 2 is 2.04 bits per heavy atom. The molecule has 0 atom stereocenters. The van der Waals surface area contributed by atoms with E-state index in [0.29, 0.717) is 6.54 Å². The lowest BCUT2D eigenvalue weighted by Gasteiger charge is -2.11. The summed E-state index contributed by atoms with van der Waals surface area (Å²) < 4.78 is 2.00. The summed E-state index contributed by atoms with van der Waals surface area (Å²) in [5, 5.41) is 13.4. The molecule has 2 aromatic rings. The van der Waals surface area contributed by atoms with Crippen LogP contribution in [-0.4, -0.2) is 22.3 Å². The van der Waals surface area contributed by atoms with E-state index < -0.39 is 0 Å². The first-order valence-electron chi connectivity index (χ1n) is 8.27. The summed E-state index contributed by atoms with van der Waals surface area (Å²) in [5.74, 6) is 0.855. The summed E-state index contributed by atoms with van der Waals surface area (Å²) >= 11 is 1.75. The zero-order valence-corrected chi connectivity index (χ0v) is 18.1. The van der Waals surface area contributed by atoms with Gasteiger partial charge in [0.1, 0.15) is 0 Å². The number of aromatic nitrogens is 2. The first kappa shape index (κ1) is 21.0. The van der Waals surface area contributed by atoms with Crippen LogP contribution in [0.3, 0.4) is 0 Å². The van der Waals surface area contributed by atoms with E-state index in [0.717, 1.165) is 37.6 Å². The van der Waals surface area contributed by atoms with Crippen LogP contribution in [0.1, 0.15) is 42.6 Å². The van der Waals surface area contributed by atoms with Gasteiger partial charge in [-0.05, 0) is 31.2 Å². The van der Waals surface area contributed by atoms with E-state index >= 15 is 0 Å². The average Bonchev–Trinajstić information content (AvgIpc) is 3.17. The molecule has 134 valence electrons.